The third-order valence-corrected chi connectivity index (χ3v) is 4.22. The molecular weight excluding hydrogens is 216 g/mol. The van der Waals surface area contributed by atoms with Crippen LogP contribution in [0.4, 0.5) is 0 Å². The van der Waals surface area contributed by atoms with Gasteiger partial charge in [-0.3, -0.25) is 9.59 Å². The third-order valence-electron chi connectivity index (χ3n) is 4.22. The second kappa shape index (κ2) is 4.11. The van der Waals surface area contributed by atoms with E-state index in [-0.39, 0.29) is 17.2 Å². The molecule has 0 atom stereocenters. The Morgan fingerprint density at radius 2 is 1.88 bits per heavy atom. The van der Waals surface area contributed by atoms with Gasteiger partial charge in [0.25, 0.3) is 0 Å². The van der Waals surface area contributed by atoms with E-state index in [0.717, 1.165) is 25.2 Å². The highest BCUT2D eigenvalue weighted by atomic mass is 16.6. The predicted molar refractivity (Wildman–Crippen MR) is 64.5 cm³/mol. The monoisotopic (exact) mass is 238 g/mol. The van der Waals surface area contributed by atoms with Crippen LogP contribution in [0.15, 0.2) is 0 Å². The Bertz CT molecular complexity index is 335. The van der Waals surface area contributed by atoms with Crippen molar-refractivity contribution in [1.29, 1.82) is 0 Å². The Hall–Kier alpha value is -0.860. The maximum atomic E-state index is 12.3. The largest absolute Gasteiger partial charge is 0.459 e. The standard InChI is InChI=1S/C14H22O3/c1-10(15)8-13(2,3)17-12(16)14-6-4-11(9-14)5-7-14/h11H,4-9H2,1-3H3. The van der Waals surface area contributed by atoms with Crippen LogP contribution in [0, 0.1) is 11.3 Å². The Balaban J connectivity index is 1.99. The highest BCUT2D eigenvalue weighted by Crippen LogP contribution is 2.55. The highest BCUT2D eigenvalue weighted by molar-refractivity contribution is 5.80. The summed E-state index contributed by atoms with van der Waals surface area (Å²) in [5.74, 6) is 0.734. The number of ketones is 1. The normalized spacial score (nSPS) is 31.6. The van der Waals surface area contributed by atoms with Crippen molar-refractivity contribution in [3.63, 3.8) is 0 Å². The van der Waals surface area contributed by atoms with Crippen LogP contribution >= 0.6 is 0 Å². The number of rotatable bonds is 4. The van der Waals surface area contributed by atoms with Crippen molar-refractivity contribution in [2.45, 2.75) is 64.9 Å². The number of fused-ring (bicyclic) bond motifs is 2. The minimum Gasteiger partial charge on any atom is -0.459 e. The van der Waals surface area contributed by atoms with Crippen molar-refractivity contribution in [3.8, 4) is 0 Å². The first kappa shape index (κ1) is 12.6. The molecule has 0 saturated heterocycles. The summed E-state index contributed by atoms with van der Waals surface area (Å²) in [5, 5.41) is 0. The summed E-state index contributed by atoms with van der Waals surface area (Å²) in [7, 11) is 0. The zero-order valence-corrected chi connectivity index (χ0v) is 11.0. The van der Waals surface area contributed by atoms with Gasteiger partial charge < -0.3 is 4.74 Å². The van der Waals surface area contributed by atoms with Crippen LogP contribution in [0.1, 0.15) is 59.3 Å². The fraction of sp³-hybridized carbons (Fsp3) is 0.857. The lowest BCUT2D eigenvalue weighted by Crippen LogP contribution is -2.37. The topological polar surface area (TPSA) is 43.4 Å². The maximum Gasteiger partial charge on any atom is 0.312 e. The minimum absolute atomic E-state index is 0.0658. The highest BCUT2D eigenvalue weighted by Gasteiger charge is 2.52. The van der Waals surface area contributed by atoms with E-state index in [4.69, 9.17) is 4.74 Å². The van der Waals surface area contributed by atoms with Gasteiger partial charge in [0, 0.05) is 6.42 Å². The number of hydrogen-bond acceptors (Lipinski definition) is 3. The number of Topliss-reactive ketones (excluding diaryl/α,β-unsaturated/α-hetero) is 1. The van der Waals surface area contributed by atoms with Crippen molar-refractivity contribution in [1.82, 2.24) is 0 Å². The SMILES string of the molecule is CC(=O)CC(C)(C)OC(=O)C12CCC(CC1)C2. The first-order valence-electron chi connectivity index (χ1n) is 6.56. The molecule has 0 aromatic heterocycles. The van der Waals surface area contributed by atoms with Crippen LogP contribution in [0.5, 0.6) is 0 Å². The van der Waals surface area contributed by atoms with Gasteiger partial charge in [0.05, 0.1) is 5.41 Å². The fourth-order valence-electron chi connectivity index (χ4n) is 3.47. The lowest BCUT2D eigenvalue weighted by Gasteiger charge is -2.31. The lowest BCUT2D eigenvalue weighted by atomic mass is 9.84. The average Bonchev–Trinajstić information content (AvgIpc) is 2.74. The molecule has 3 nitrogen and oxygen atoms in total. The zero-order chi connectivity index (χ0) is 12.7. The number of hydrogen-bond donors (Lipinski definition) is 0. The zero-order valence-electron chi connectivity index (χ0n) is 11.0. The second-order valence-electron chi connectivity index (χ2n) is 6.46. The van der Waals surface area contributed by atoms with Gasteiger partial charge in [0.15, 0.2) is 0 Å². The molecule has 0 aromatic carbocycles. The molecule has 0 amide bonds. The van der Waals surface area contributed by atoms with Crippen LogP contribution < -0.4 is 0 Å². The third kappa shape index (κ3) is 2.53. The quantitative estimate of drug-likeness (QED) is 0.707. The Labute approximate surface area is 103 Å². The summed E-state index contributed by atoms with van der Waals surface area (Å²) in [6.07, 6.45) is 5.60. The first-order valence-corrected chi connectivity index (χ1v) is 6.56. The fourth-order valence-corrected chi connectivity index (χ4v) is 3.47. The van der Waals surface area contributed by atoms with Gasteiger partial charge in [-0.2, -0.15) is 0 Å². The van der Waals surface area contributed by atoms with Crippen molar-refractivity contribution < 1.29 is 14.3 Å². The minimum atomic E-state index is -0.654. The summed E-state index contributed by atoms with van der Waals surface area (Å²) in [6, 6.07) is 0. The van der Waals surface area contributed by atoms with E-state index in [0.29, 0.717) is 6.42 Å². The van der Waals surface area contributed by atoms with Crippen molar-refractivity contribution in [3.05, 3.63) is 0 Å². The molecule has 0 aliphatic heterocycles. The molecule has 0 radical (unpaired) electrons. The first-order chi connectivity index (χ1) is 7.83. The molecule has 2 bridgehead atoms. The summed E-state index contributed by atoms with van der Waals surface area (Å²) in [6.45, 7) is 5.18. The van der Waals surface area contributed by atoms with Crippen LogP contribution in [0.2, 0.25) is 0 Å². The lowest BCUT2D eigenvalue weighted by molar-refractivity contribution is -0.169. The molecule has 0 spiro atoms. The molecular formula is C14H22O3. The van der Waals surface area contributed by atoms with Gasteiger partial charge in [0.1, 0.15) is 11.4 Å². The molecule has 0 aromatic rings. The number of carbonyl (C=O) groups is 2. The van der Waals surface area contributed by atoms with E-state index in [9.17, 15) is 9.59 Å². The second-order valence-corrected chi connectivity index (χ2v) is 6.46. The molecule has 2 rings (SSSR count). The van der Waals surface area contributed by atoms with E-state index < -0.39 is 5.60 Å². The summed E-state index contributed by atoms with van der Waals surface area (Å²) in [4.78, 5) is 23.4. The average molecular weight is 238 g/mol. The van der Waals surface area contributed by atoms with Crippen molar-refractivity contribution >= 4 is 11.8 Å². The molecule has 17 heavy (non-hydrogen) atoms. The van der Waals surface area contributed by atoms with E-state index in [1.54, 1.807) is 0 Å². The molecule has 2 saturated carbocycles. The number of esters is 1. The van der Waals surface area contributed by atoms with Gasteiger partial charge >= 0.3 is 5.97 Å². The summed E-state index contributed by atoms with van der Waals surface area (Å²) >= 11 is 0. The van der Waals surface area contributed by atoms with Gasteiger partial charge in [-0.05, 0) is 58.8 Å². The van der Waals surface area contributed by atoms with Gasteiger partial charge in [-0.1, -0.05) is 0 Å². The van der Waals surface area contributed by atoms with Crippen molar-refractivity contribution in [2.24, 2.45) is 11.3 Å². The van der Waals surface area contributed by atoms with E-state index in [1.807, 2.05) is 13.8 Å². The molecule has 96 valence electrons. The van der Waals surface area contributed by atoms with Crippen LogP contribution in [0.3, 0.4) is 0 Å². The van der Waals surface area contributed by atoms with Gasteiger partial charge in [0.2, 0.25) is 0 Å². The summed E-state index contributed by atoms with van der Waals surface area (Å²) < 4.78 is 5.59. The van der Waals surface area contributed by atoms with E-state index in [2.05, 4.69) is 0 Å². The Kier molecular flexibility index (Phi) is 3.04. The van der Waals surface area contributed by atoms with Crippen molar-refractivity contribution in [2.75, 3.05) is 0 Å². The molecule has 2 aliphatic carbocycles. The predicted octanol–water partition coefficient (Wildman–Crippen LogP) is 2.87. The molecule has 0 N–H and O–H groups in total. The smallest absolute Gasteiger partial charge is 0.312 e. The van der Waals surface area contributed by atoms with E-state index in [1.165, 1.54) is 19.8 Å². The molecule has 2 fully saturated rings. The number of ether oxygens (including phenoxy) is 1. The van der Waals surface area contributed by atoms with Crippen LogP contribution in [-0.2, 0) is 14.3 Å². The molecule has 0 unspecified atom stereocenters. The Morgan fingerprint density at radius 1 is 1.29 bits per heavy atom. The Morgan fingerprint density at radius 3 is 2.29 bits per heavy atom. The van der Waals surface area contributed by atoms with E-state index >= 15 is 0 Å². The number of carbonyl (C=O) groups excluding carboxylic acids is 2. The van der Waals surface area contributed by atoms with Crippen LogP contribution in [-0.4, -0.2) is 17.4 Å². The molecule has 2 aliphatic rings. The molecule has 0 heterocycles. The molecule has 3 heteroatoms. The van der Waals surface area contributed by atoms with Crippen LogP contribution in [0.25, 0.3) is 0 Å². The van der Waals surface area contributed by atoms with Gasteiger partial charge in [-0.15, -0.1) is 0 Å². The summed E-state index contributed by atoms with van der Waals surface area (Å²) in [5.41, 5.74) is -0.864. The maximum absolute atomic E-state index is 12.3. The van der Waals surface area contributed by atoms with Gasteiger partial charge in [-0.25, -0.2) is 0 Å².